The summed E-state index contributed by atoms with van der Waals surface area (Å²) in [6.45, 7) is 4.23. The second-order valence-electron chi connectivity index (χ2n) is 5.74. The third kappa shape index (κ3) is 2.83. The highest BCUT2D eigenvalue weighted by molar-refractivity contribution is 6.33. The number of nitrogen functional groups attached to an aromatic ring is 1. The predicted molar refractivity (Wildman–Crippen MR) is 84.0 cm³/mol. The van der Waals surface area contributed by atoms with Crippen molar-refractivity contribution < 1.29 is 15.0 Å². The van der Waals surface area contributed by atoms with E-state index in [4.69, 9.17) is 17.3 Å². The zero-order chi connectivity index (χ0) is 16.5. The van der Waals surface area contributed by atoms with E-state index in [2.05, 4.69) is 9.97 Å². The maximum absolute atomic E-state index is 11.8. The Morgan fingerprint density at radius 1 is 1.55 bits per heavy atom. The van der Waals surface area contributed by atoms with Gasteiger partial charge in [0.2, 0.25) is 5.95 Å². The number of aliphatic hydroxyl groups is 1. The minimum atomic E-state index is -1.22. The second-order valence-corrected chi connectivity index (χ2v) is 6.12. The highest BCUT2D eigenvalue weighted by Crippen LogP contribution is 2.39. The molecule has 1 aliphatic rings. The van der Waals surface area contributed by atoms with Gasteiger partial charge in [-0.15, -0.1) is 0 Å². The molecule has 0 bridgehead atoms. The van der Waals surface area contributed by atoms with Crippen molar-refractivity contribution in [1.82, 2.24) is 9.97 Å². The molecule has 4 N–H and O–H groups in total. The van der Waals surface area contributed by atoms with Gasteiger partial charge in [-0.25, -0.2) is 4.98 Å². The van der Waals surface area contributed by atoms with Crippen molar-refractivity contribution >= 4 is 29.3 Å². The van der Waals surface area contributed by atoms with Gasteiger partial charge >= 0.3 is 5.97 Å². The van der Waals surface area contributed by atoms with Crippen molar-refractivity contribution in [3.63, 3.8) is 0 Å². The molecule has 2 heterocycles. The molecule has 1 saturated heterocycles. The van der Waals surface area contributed by atoms with E-state index in [1.54, 1.807) is 11.8 Å². The summed E-state index contributed by atoms with van der Waals surface area (Å²) in [7, 11) is 0. The van der Waals surface area contributed by atoms with Crippen LogP contribution in [0.1, 0.15) is 31.9 Å². The standard InChI is InChI=1S/C14H21ClN4O3/c1-3-5-14(12(21)22)7-19(6-4-9(14)20)11-10(15)8(2)17-13(16)18-11/h9,20H,3-7H2,1-2H3,(H,21,22)(H2,16,17,18)/t9-,14-/m0/s1. The number of rotatable bonds is 4. The summed E-state index contributed by atoms with van der Waals surface area (Å²) in [5, 5.41) is 20.3. The van der Waals surface area contributed by atoms with Crippen LogP contribution in [0.3, 0.4) is 0 Å². The highest BCUT2D eigenvalue weighted by atomic mass is 35.5. The Morgan fingerprint density at radius 2 is 2.23 bits per heavy atom. The minimum Gasteiger partial charge on any atom is -0.481 e. The Balaban J connectivity index is 2.40. The van der Waals surface area contributed by atoms with Gasteiger partial charge in [0, 0.05) is 13.1 Å². The third-order valence-electron chi connectivity index (χ3n) is 4.22. The van der Waals surface area contributed by atoms with Gasteiger partial charge < -0.3 is 20.8 Å². The summed E-state index contributed by atoms with van der Waals surface area (Å²) in [5.74, 6) is -0.471. The summed E-state index contributed by atoms with van der Waals surface area (Å²) in [6.07, 6.45) is 0.499. The normalized spacial score (nSPS) is 25.3. The lowest BCUT2D eigenvalue weighted by molar-refractivity contribution is -0.158. The lowest BCUT2D eigenvalue weighted by atomic mass is 9.74. The molecule has 2 rings (SSSR count). The van der Waals surface area contributed by atoms with Gasteiger partial charge in [-0.3, -0.25) is 4.79 Å². The Kier molecular flexibility index (Phi) is 4.77. The molecule has 0 radical (unpaired) electrons. The molecule has 0 unspecified atom stereocenters. The fourth-order valence-corrected chi connectivity index (χ4v) is 3.25. The molecule has 0 spiro atoms. The SMILES string of the molecule is CCC[C@]1(C(=O)O)CN(c2nc(N)nc(C)c2Cl)CC[C@@H]1O. The van der Waals surface area contributed by atoms with Crippen molar-refractivity contribution in [2.45, 2.75) is 39.2 Å². The number of halogens is 1. The fraction of sp³-hybridized carbons (Fsp3) is 0.643. The van der Waals surface area contributed by atoms with Crippen molar-refractivity contribution in [3.05, 3.63) is 10.7 Å². The lowest BCUT2D eigenvalue weighted by Gasteiger charge is -2.44. The number of aromatic nitrogens is 2. The van der Waals surface area contributed by atoms with Gasteiger partial charge in [-0.05, 0) is 19.8 Å². The van der Waals surface area contributed by atoms with Crippen molar-refractivity contribution in [2.75, 3.05) is 23.7 Å². The highest BCUT2D eigenvalue weighted by Gasteiger charge is 2.49. The monoisotopic (exact) mass is 328 g/mol. The van der Waals surface area contributed by atoms with Crippen LogP contribution < -0.4 is 10.6 Å². The van der Waals surface area contributed by atoms with Gasteiger partial charge in [0.25, 0.3) is 0 Å². The van der Waals surface area contributed by atoms with Crippen LogP contribution in [0.25, 0.3) is 0 Å². The van der Waals surface area contributed by atoms with Crippen LogP contribution in [0.5, 0.6) is 0 Å². The van der Waals surface area contributed by atoms with Crippen LogP contribution >= 0.6 is 11.6 Å². The van der Waals surface area contributed by atoms with E-state index in [-0.39, 0.29) is 12.5 Å². The minimum absolute atomic E-state index is 0.0967. The summed E-state index contributed by atoms with van der Waals surface area (Å²) in [6, 6.07) is 0. The van der Waals surface area contributed by atoms with E-state index in [1.807, 2.05) is 6.92 Å². The smallest absolute Gasteiger partial charge is 0.314 e. The number of hydrogen-bond acceptors (Lipinski definition) is 6. The summed E-state index contributed by atoms with van der Waals surface area (Å²) < 4.78 is 0. The van der Waals surface area contributed by atoms with Crippen LogP contribution in [0, 0.1) is 12.3 Å². The summed E-state index contributed by atoms with van der Waals surface area (Å²) in [5.41, 5.74) is 5.00. The van der Waals surface area contributed by atoms with Gasteiger partial charge in [-0.1, -0.05) is 24.9 Å². The van der Waals surface area contributed by atoms with E-state index in [9.17, 15) is 15.0 Å². The Labute approximate surface area is 134 Å². The lowest BCUT2D eigenvalue weighted by Crippen LogP contribution is -2.56. The number of piperidine rings is 1. The molecule has 1 aliphatic heterocycles. The first kappa shape index (κ1) is 16.8. The fourth-order valence-electron chi connectivity index (χ4n) is 3.04. The molecule has 7 nitrogen and oxygen atoms in total. The van der Waals surface area contributed by atoms with E-state index < -0.39 is 17.5 Å². The quantitative estimate of drug-likeness (QED) is 0.767. The molecular weight excluding hydrogens is 308 g/mol. The van der Waals surface area contributed by atoms with Crippen molar-refractivity contribution in [1.29, 1.82) is 0 Å². The molecule has 22 heavy (non-hydrogen) atoms. The van der Waals surface area contributed by atoms with Crippen LogP contribution in [0.15, 0.2) is 0 Å². The van der Waals surface area contributed by atoms with Crippen LogP contribution in [0.4, 0.5) is 11.8 Å². The molecule has 1 aromatic rings. The Morgan fingerprint density at radius 3 is 2.82 bits per heavy atom. The van der Waals surface area contributed by atoms with Crippen LogP contribution in [-0.4, -0.2) is 45.3 Å². The number of carboxylic acid groups (broad SMARTS) is 1. The number of nitrogens with two attached hydrogens (primary N) is 1. The van der Waals surface area contributed by atoms with Gasteiger partial charge in [0.05, 0.1) is 11.8 Å². The zero-order valence-electron chi connectivity index (χ0n) is 12.7. The molecule has 122 valence electrons. The number of aliphatic carboxylic acids is 1. The zero-order valence-corrected chi connectivity index (χ0v) is 13.5. The number of hydrogen-bond donors (Lipinski definition) is 3. The Bertz CT molecular complexity index is 583. The topological polar surface area (TPSA) is 113 Å². The maximum atomic E-state index is 11.8. The molecule has 8 heteroatoms. The molecule has 1 fully saturated rings. The number of carboxylic acids is 1. The largest absolute Gasteiger partial charge is 0.481 e. The van der Waals surface area contributed by atoms with Crippen LogP contribution in [-0.2, 0) is 4.79 Å². The molecule has 0 amide bonds. The first-order chi connectivity index (χ1) is 10.3. The number of nitrogens with zero attached hydrogens (tertiary/aromatic N) is 3. The van der Waals surface area contributed by atoms with Gasteiger partial charge in [0.1, 0.15) is 10.4 Å². The number of aliphatic hydroxyl groups excluding tert-OH is 1. The van der Waals surface area contributed by atoms with E-state index >= 15 is 0 Å². The molecule has 0 aliphatic carbocycles. The first-order valence-corrected chi connectivity index (χ1v) is 7.65. The van der Waals surface area contributed by atoms with Crippen molar-refractivity contribution in [3.8, 4) is 0 Å². The van der Waals surface area contributed by atoms with Crippen molar-refractivity contribution in [2.24, 2.45) is 5.41 Å². The molecular formula is C14H21ClN4O3. The molecule has 0 aromatic carbocycles. The molecule has 1 aromatic heterocycles. The second kappa shape index (κ2) is 6.26. The summed E-state index contributed by atoms with van der Waals surface area (Å²) in [4.78, 5) is 21.7. The first-order valence-electron chi connectivity index (χ1n) is 7.28. The van der Waals surface area contributed by atoms with Gasteiger partial charge in [0.15, 0.2) is 5.82 Å². The molecule has 0 saturated carbocycles. The number of anilines is 2. The van der Waals surface area contributed by atoms with Gasteiger partial charge in [-0.2, -0.15) is 4.98 Å². The maximum Gasteiger partial charge on any atom is 0.314 e. The van der Waals surface area contributed by atoms with Crippen LogP contribution in [0.2, 0.25) is 5.02 Å². The Hall–Kier alpha value is -1.60. The predicted octanol–water partition coefficient (Wildman–Crippen LogP) is 1.46. The van der Waals surface area contributed by atoms with E-state index in [0.29, 0.717) is 42.3 Å². The average Bonchev–Trinajstić information content (AvgIpc) is 2.45. The average molecular weight is 329 g/mol. The van der Waals surface area contributed by atoms with E-state index in [0.717, 1.165) is 0 Å². The third-order valence-corrected chi connectivity index (χ3v) is 4.66. The number of carbonyl (C=O) groups is 1. The molecule has 2 atom stereocenters. The summed E-state index contributed by atoms with van der Waals surface area (Å²) >= 11 is 6.25. The number of aryl methyl sites for hydroxylation is 1. The van der Waals surface area contributed by atoms with E-state index in [1.165, 1.54) is 0 Å².